The van der Waals surface area contributed by atoms with Crippen LogP contribution < -0.4 is 0 Å². The predicted molar refractivity (Wildman–Crippen MR) is 102 cm³/mol. The van der Waals surface area contributed by atoms with Crippen LogP contribution in [0.2, 0.25) is 0 Å². The van der Waals surface area contributed by atoms with Gasteiger partial charge in [-0.05, 0) is 29.2 Å². The van der Waals surface area contributed by atoms with E-state index in [1.165, 1.54) is 21.2 Å². The second kappa shape index (κ2) is 7.11. The van der Waals surface area contributed by atoms with Crippen molar-refractivity contribution in [2.24, 2.45) is 0 Å². The van der Waals surface area contributed by atoms with Crippen molar-refractivity contribution >= 4 is 39.6 Å². The minimum Gasteiger partial charge on any atom is -0.341 e. The van der Waals surface area contributed by atoms with Gasteiger partial charge in [0.15, 0.2) is 0 Å². The third kappa shape index (κ3) is 3.21. The maximum atomic E-state index is 12.6. The Balaban J connectivity index is 1.38. The number of likely N-dealkylation sites (tertiary alicyclic amines) is 1. The first-order chi connectivity index (χ1) is 12.6. The fraction of sp³-hybridized carbons (Fsp3) is 0.350. The molecular weight excluding hydrogens is 348 g/mol. The molecule has 0 aromatic heterocycles. The van der Waals surface area contributed by atoms with E-state index in [9.17, 15) is 14.4 Å². The van der Waals surface area contributed by atoms with Crippen LogP contribution in [0, 0.1) is 0 Å². The molecule has 2 aliphatic rings. The van der Waals surface area contributed by atoms with Gasteiger partial charge < -0.3 is 4.90 Å². The second-order valence-electron chi connectivity index (χ2n) is 6.74. The fourth-order valence-corrected chi connectivity index (χ4v) is 4.58. The van der Waals surface area contributed by atoms with Gasteiger partial charge in [-0.15, -0.1) is 0 Å². The monoisotopic (exact) mass is 368 g/mol. The van der Waals surface area contributed by atoms with Crippen molar-refractivity contribution in [3.8, 4) is 0 Å². The van der Waals surface area contributed by atoms with E-state index < -0.39 is 0 Å². The van der Waals surface area contributed by atoms with Crippen LogP contribution >= 0.6 is 11.8 Å². The third-order valence-corrected chi connectivity index (χ3v) is 5.99. The molecule has 0 unspecified atom stereocenters. The fourth-order valence-electron chi connectivity index (χ4n) is 3.81. The molecule has 2 aromatic rings. The minimum atomic E-state index is -0.176. The van der Waals surface area contributed by atoms with Gasteiger partial charge in [-0.2, -0.15) is 0 Å². The Labute approximate surface area is 156 Å². The number of hydrogen-bond donors (Lipinski definition) is 0. The molecule has 5 nitrogen and oxygen atoms in total. The molecule has 0 N–H and O–H groups in total. The first-order valence-corrected chi connectivity index (χ1v) is 9.85. The summed E-state index contributed by atoms with van der Waals surface area (Å²) in [5.74, 6) is 0.187. The van der Waals surface area contributed by atoms with Crippen molar-refractivity contribution in [1.29, 1.82) is 0 Å². The van der Waals surface area contributed by atoms with E-state index in [-0.39, 0.29) is 28.8 Å². The topological polar surface area (TPSA) is 57.7 Å². The van der Waals surface area contributed by atoms with E-state index in [2.05, 4.69) is 24.3 Å². The maximum absolute atomic E-state index is 12.6. The van der Waals surface area contributed by atoms with Gasteiger partial charge in [0, 0.05) is 19.5 Å². The molecule has 2 heterocycles. The largest absolute Gasteiger partial charge is 0.341 e. The Hall–Kier alpha value is -2.34. The Kier molecular flexibility index (Phi) is 4.68. The number of fused-ring (bicyclic) bond motifs is 1. The normalized spacial score (nSPS) is 20.4. The average Bonchev–Trinajstić information content (AvgIpc) is 3.26. The SMILES string of the molecule is O=C(CCc1cccc2ccccc12)N1CC[C@@H](N2C(=O)CSC2=O)C1. The molecule has 0 aliphatic carbocycles. The summed E-state index contributed by atoms with van der Waals surface area (Å²) >= 11 is 1.05. The number of thioether (sulfide) groups is 1. The molecular formula is C20H20N2O3S. The zero-order chi connectivity index (χ0) is 18.1. The van der Waals surface area contributed by atoms with Gasteiger partial charge in [0.1, 0.15) is 0 Å². The summed E-state index contributed by atoms with van der Waals surface area (Å²) in [6.07, 6.45) is 1.81. The van der Waals surface area contributed by atoms with Gasteiger partial charge in [0.2, 0.25) is 11.8 Å². The highest BCUT2D eigenvalue weighted by Gasteiger charge is 2.40. The molecule has 2 aliphatic heterocycles. The molecule has 0 saturated carbocycles. The molecule has 134 valence electrons. The van der Waals surface area contributed by atoms with Crippen LogP contribution in [0.4, 0.5) is 4.79 Å². The molecule has 4 rings (SSSR count). The van der Waals surface area contributed by atoms with Crippen LogP contribution in [-0.4, -0.2) is 51.7 Å². The highest BCUT2D eigenvalue weighted by Crippen LogP contribution is 2.27. The van der Waals surface area contributed by atoms with Crippen molar-refractivity contribution in [2.75, 3.05) is 18.8 Å². The van der Waals surface area contributed by atoms with E-state index in [4.69, 9.17) is 0 Å². The summed E-state index contributed by atoms with van der Waals surface area (Å²) in [5.41, 5.74) is 1.17. The van der Waals surface area contributed by atoms with Gasteiger partial charge in [0.25, 0.3) is 5.24 Å². The number of carbonyl (C=O) groups is 3. The van der Waals surface area contributed by atoms with Gasteiger partial charge in [0.05, 0.1) is 11.8 Å². The molecule has 2 saturated heterocycles. The summed E-state index contributed by atoms with van der Waals surface area (Å²) in [5, 5.41) is 2.19. The summed E-state index contributed by atoms with van der Waals surface area (Å²) in [4.78, 5) is 39.5. The van der Waals surface area contributed by atoms with Gasteiger partial charge >= 0.3 is 0 Å². The van der Waals surface area contributed by atoms with Crippen molar-refractivity contribution in [2.45, 2.75) is 25.3 Å². The quantitative estimate of drug-likeness (QED) is 0.832. The smallest absolute Gasteiger partial charge is 0.289 e. The standard InChI is InChI=1S/C20H20N2O3S/c23-18(9-8-15-6-3-5-14-4-1-2-7-17(14)15)21-11-10-16(12-21)22-19(24)13-26-20(22)25/h1-7,16H,8-13H2/t16-/m1/s1. The van der Waals surface area contributed by atoms with Crippen molar-refractivity contribution in [3.05, 3.63) is 48.0 Å². The molecule has 26 heavy (non-hydrogen) atoms. The number of hydrogen-bond acceptors (Lipinski definition) is 4. The van der Waals surface area contributed by atoms with E-state index in [1.807, 2.05) is 18.2 Å². The first-order valence-electron chi connectivity index (χ1n) is 8.87. The average molecular weight is 368 g/mol. The van der Waals surface area contributed by atoms with Crippen LogP contribution in [0.25, 0.3) is 10.8 Å². The van der Waals surface area contributed by atoms with Crippen LogP contribution in [0.15, 0.2) is 42.5 Å². The summed E-state index contributed by atoms with van der Waals surface area (Å²) in [7, 11) is 0. The van der Waals surface area contributed by atoms with Crippen LogP contribution in [0.1, 0.15) is 18.4 Å². The first kappa shape index (κ1) is 17.1. The lowest BCUT2D eigenvalue weighted by atomic mass is 10.0. The Morgan fingerprint density at radius 1 is 1.12 bits per heavy atom. The Morgan fingerprint density at radius 3 is 2.73 bits per heavy atom. The van der Waals surface area contributed by atoms with Crippen molar-refractivity contribution < 1.29 is 14.4 Å². The number of rotatable bonds is 4. The molecule has 0 spiro atoms. The predicted octanol–water partition coefficient (Wildman–Crippen LogP) is 3.07. The zero-order valence-corrected chi connectivity index (χ0v) is 15.2. The minimum absolute atomic E-state index is 0.0900. The van der Waals surface area contributed by atoms with E-state index >= 15 is 0 Å². The maximum Gasteiger partial charge on any atom is 0.289 e. The molecule has 6 heteroatoms. The highest BCUT2D eigenvalue weighted by molar-refractivity contribution is 8.14. The third-order valence-electron chi connectivity index (χ3n) is 5.15. The number of amides is 3. The van der Waals surface area contributed by atoms with Crippen molar-refractivity contribution in [1.82, 2.24) is 9.80 Å². The van der Waals surface area contributed by atoms with E-state index in [0.29, 0.717) is 32.4 Å². The number of nitrogens with zero attached hydrogens (tertiary/aromatic N) is 2. The van der Waals surface area contributed by atoms with Gasteiger partial charge in [-0.25, -0.2) is 0 Å². The number of carbonyl (C=O) groups excluding carboxylic acids is 3. The molecule has 0 radical (unpaired) electrons. The number of benzene rings is 2. The Morgan fingerprint density at radius 2 is 1.92 bits per heavy atom. The summed E-state index contributed by atoms with van der Waals surface area (Å²) in [6, 6.07) is 14.2. The van der Waals surface area contributed by atoms with Crippen LogP contribution in [-0.2, 0) is 16.0 Å². The summed E-state index contributed by atoms with van der Waals surface area (Å²) in [6.45, 7) is 1.08. The van der Waals surface area contributed by atoms with Gasteiger partial charge in [-0.1, -0.05) is 54.2 Å². The molecule has 3 amide bonds. The van der Waals surface area contributed by atoms with Gasteiger partial charge in [-0.3, -0.25) is 19.3 Å². The number of imide groups is 1. The van der Waals surface area contributed by atoms with E-state index in [1.54, 1.807) is 4.90 Å². The second-order valence-corrected chi connectivity index (χ2v) is 7.67. The zero-order valence-electron chi connectivity index (χ0n) is 14.4. The van der Waals surface area contributed by atoms with Crippen LogP contribution in [0.3, 0.4) is 0 Å². The Bertz CT molecular complexity index is 861. The molecule has 2 fully saturated rings. The summed E-state index contributed by atoms with van der Waals surface area (Å²) < 4.78 is 0. The van der Waals surface area contributed by atoms with Crippen LogP contribution in [0.5, 0.6) is 0 Å². The lowest BCUT2D eigenvalue weighted by Crippen LogP contribution is -2.41. The highest BCUT2D eigenvalue weighted by atomic mass is 32.2. The van der Waals surface area contributed by atoms with E-state index in [0.717, 1.165) is 11.8 Å². The lowest BCUT2D eigenvalue weighted by Gasteiger charge is -2.22. The lowest BCUT2D eigenvalue weighted by molar-refractivity contribution is -0.131. The molecule has 2 aromatic carbocycles. The molecule has 1 atom stereocenters. The van der Waals surface area contributed by atoms with Crippen molar-refractivity contribution in [3.63, 3.8) is 0 Å². The molecule has 0 bridgehead atoms. The number of aryl methyl sites for hydroxylation is 1.